The van der Waals surface area contributed by atoms with Crippen molar-refractivity contribution < 1.29 is 9.53 Å². The zero-order chi connectivity index (χ0) is 13.7. The second-order valence-corrected chi connectivity index (χ2v) is 5.68. The van der Waals surface area contributed by atoms with Crippen LogP contribution in [0.5, 0.6) is 5.75 Å². The number of hydrogen-bond donors (Lipinski definition) is 2. The van der Waals surface area contributed by atoms with E-state index in [1.54, 1.807) is 0 Å². The van der Waals surface area contributed by atoms with E-state index in [9.17, 15) is 4.79 Å². The lowest BCUT2D eigenvalue weighted by Crippen LogP contribution is -2.55. The van der Waals surface area contributed by atoms with Crippen LogP contribution in [0.4, 0.5) is 0 Å². The maximum Gasteiger partial charge on any atom is 0.258 e. The van der Waals surface area contributed by atoms with Gasteiger partial charge >= 0.3 is 0 Å². The number of ether oxygens (including phenoxy) is 1. The first kappa shape index (κ1) is 13.9. The van der Waals surface area contributed by atoms with E-state index in [2.05, 4.69) is 24.5 Å². The highest BCUT2D eigenvalue weighted by atomic mass is 16.5. The summed E-state index contributed by atoms with van der Waals surface area (Å²) in [5.41, 5.74) is 0.0840. The van der Waals surface area contributed by atoms with Crippen molar-refractivity contribution >= 4 is 5.91 Å². The molecule has 0 saturated carbocycles. The van der Waals surface area contributed by atoms with Crippen molar-refractivity contribution in [1.82, 2.24) is 10.6 Å². The van der Waals surface area contributed by atoms with Crippen LogP contribution in [0.2, 0.25) is 0 Å². The van der Waals surface area contributed by atoms with Crippen LogP contribution in [0.25, 0.3) is 0 Å². The standard InChI is InChI=1S/C15H22N2O2/c1-15(2)11-16-9-8-13(15)17-14(18)10-19-12-6-4-3-5-7-12/h3-7,13,16H,8-11H2,1-2H3,(H,17,18). The van der Waals surface area contributed by atoms with E-state index in [1.165, 1.54) is 0 Å². The third kappa shape index (κ3) is 3.96. The minimum Gasteiger partial charge on any atom is -0.484 e. The maximum absolute atomic E-state index is 11.9. The number of para-hydroxylation sites is 1. The summed E-state index contributed by atoms with van der Waals surface area (Å²) in [4.78, 5) is 11.9. The largest absolute Gasteiger partial charge is 0.484 e. The maximum atomic E-state index is 11.9. The Labute approximate surface area is 114 Å². The summed E-state index contributed by atoms with van der Waals surface area (Å²) in [5.74, 6) is 0.672. The molecule has 1 aliphatic heterocycles. The Hall–Kier alpha value is -1.55. The molecule has 1 aromatic carbocycles. The molecule has 0 spiro atoms. The Kier molecular flexibility index (Phi) is 4.43. The molecule has 19 heavy (non-hydrogen) atoms. The van der Waals surface area contributed by atoms with Crippen LogP contribution in [0.3, 0.4) is 0 Å². The van der Waals surface area contributed by atoms with E-state index >= 15 is 0 Å². The van der Waals surface area contributed by atoms with E-state index in [-0.39, 0.29) is 24.0 Å². The average molecular weight is 262 g/mol. The number of benzene rings is 1. The normalized spacial score (nSPS) is 21.7. The molecular weight excluding hydrogens is 240 g/mol. The SMILES string of the molecule is CC1(C)CNCCC1NC(=O)COc1ccccc1. The lowest BCUT2D eigenvalue weighted by atomic mass is 9.80. The van der Waals surface area contributed by atoms with Crippen molar-refractivity contribution in [3.05, 3.63) is 30.3 Å². The van der Waals surface area contributed by atoms with Crippen LogP contribution in [0.1, 0.15) is 20.3 Å². The Bertz CT molecular complexity index is 417. The Balaban J connectivity index is 1.81. The number of amides is 1. The molecule has 0 aromatic heterocycles. The molecule has 4 heteroatoms. The highest BCUT2D eigenvalue weighted by molar-refractivity contribution is 5.78. The van der Waals surface area contributed by atoms with Gasteiger partial charge in [0, 0.05) is 12.6 Å². The van der Waals surface area contributed by atoms with Crippen molar-refractivity contribution in [2.75, 3.05) is 19.7 Å². The molecule has 1 atom stereocenters. The molecule has 1 aliphatic rings. The average Bonchev–Trinajstić information content (AvgIpc) is 2.40. The van der Waals surface area contributed by atoms with Crippen LogP contribution in [0, 0.1) is 5.41 Å². The summed E-state index contributed by atoms with van der Waals surface area (Å²) in [7, 11) is 0. The summed E-state index contributed by atoms with van der Waals surface area (Å²) < 4.78 is 5.45. The zero-order valence-electron chi connectivity index (χ0n) is 11.6. The van der Waals surface area contributed by atoms with Crippen LogP contribution in [-0.2, 0) is 4.79 Å². The van der Waals surface area contributed by atoms with Gasteiger partial charge in [0.1, 0.15) is 5.75 Å². The monoisotopic (exact) mass is 262 g/mol. The lowest BCUT2D eigenvalue weighted by molar-refractivity contribution is -0.124. The van der Waals surface area contributed by atoms with Crippen molar-refractivity contribution in [2.45, 2.75) is 26.3 Å². The third-order valence-corrected chi connectivity index (χ3v) is 3.58. The Morgan fingerprint density at radius 2 is 2.16 bits per heavy atom. The quantitative estimate of drug-likeness (QED) is 0.866. The minimum absolute atomic E-state index is 0.0520. The summed E-state index contributed by atoms with van der Waals surface area (Å²) in [5, 5.41) is 6.43. The molecule has 1 amide bonds. The predicted octanol–water partition coefficient (Wildman–Crippen LogP) is 1.57. The molecule has 1 aromatic rings. The first-order chi connectivity index (χ1) is 9.08. The van der Waals surface area contributed by atoms with Gasteiger partial charge in [0.25, 0.3) is 5.91 Å². The van der Waals surface area contributed by atoms with Crippen LogP contribution >= 0.6 is 0 Å². The van der Waals surface area contributed by atoms with Gasteiger partial charge in [-0.3, -0.25) is 4.79 Å². The van der Waals surface area contributed by atoms with Gasteiger partial charge in [0.2, 0.25) is 0 Å². The number of piperidine rings is 1. The van der Waals surface area contributed by atoms with E-state index in [0.29, 0.717) is 0 Å². The molecular formula is C15H22N2O2. The zero-order valence-corrected chi connectivity index (χ0v) is 11.6. The molecule has 2 rings (SSSR count). The number of carbonyl (C=O) groups is 1. The Morgan fingerprint density at radius 3 is 2.84 bits per heavy atom. The van der Waals surface area contributed by atoms with E-state index in [1.807, 2.05) is 30.3 Å². The first-order valence-electron chi connectivity index (χ1n) is 6.76. The topological polar surface area (TPSA) is 50.4 Å². The predicted molar refractivity (Wildman–Crippen MR) is 75.1 cm³/mol. The second-order valence-electron chi connectivity index (χ2n) is 5.68. The van der Waals surface area contributed by atoms with Gasteiger partial charge in [-0.2, -0.15) is 0 Å². The van der Waals surface area contributed by atoms with Gasteiger partial charge in [0.15, 0.2) is 6.61 Å². The summed E-state index contributed by atoms with van der Waals surface area (Å²) in [6.07, 6.45) is 0.962. The van der Waals surface area contributed by atoms with E-state index < -0.39 is 0 Å². The van der Waals surface area contributed by atoms with Crippen molar-refractivity contribution in [3.8, 4) is 5.75 Å². The summed E-state index contributed by atoms with van der Waals surface area (Å²) in [6.45, 7) is 6.29. The summed E-state index contributed by atoms with van der Waals surface area (Å²) in [6, 6.07) is 9.61. The van der Waals surface area contributed by atoms with E-state index in [0.717, 1.165) is 25.3 Å². The fraction of sp³-hybridized carbons (Fsp3) is 0.533. The van der Waals surface area contributed by atoms with Gasteiger partial charge in [-0.15, -0.1) is 0 Å². The lowest BCUT2D eigenvalue weighted by Gasteiger charge is -2.39. The first-order valence-corrected chi connectivity index (χ1v) is 6.76. The number of carbonyl (C=O) groups excluding carboxylic acids is 1. The van der Waals surface area contributed by atoms with Gasteiger partial charge in [0.05, 0.1) is 0 Å². The minimum atomic E-state index is -0.0520. The van der Waals surface area contributed by atoms with E-state index in [4.69, 9.17) is 4.74 Å². The molecule has 0 aliphatic carbocycles. The second kappa shape index (κ2) is 6.06. The van der Waals surface area contributed by atoms with Gasteiger partial charge in [-0.1, -0.05) is 32.0 Å². The molecule has 0 radical (unpaired) electrons. The molecule has 1 unspecified atom stereocenters. The molecule has 104 valence electrons. The van der Waals surface area contributed by atoms with Gasteiger partial charge < -0.3 is 15.4 Å². The van der Waals surface area contributed by atoms with Gasteiger partial charge in [-0.25, -0.2) is 0 Å². The van der Waals surface area contributed by atoms with Crippen LogP contribution in [0.15, 0.2) is 30.3 Å². The fourth-order valence-electron chi connectivity index (χ4n) is 2.34. The summed E-state index contributed by atoms with van der Waals surface area (Å²) >= 11 is 0. The molecule has 4 nitrogen and oxygen atoms in total. The molecule has 2 N–H and O–H groups in total. The smallest absolute Gasteiger partial charge is 0.258 e. The fourth-order valence-corrected chi connectivity index (χ4v) is 2.34. The number of nitrogens with one attached hydrogen (secondary N) is 2. The highest BCUT2D eigenvalue weighted by Crippen LogP contribution is 2.24. The molecule has 1 saturated heterocycles. The van der Waals surface area contributed by atoms with Crippen molar-refractivity contribution in [3.63, 3.8) is 0 Å². The Morgan fingerprint density at radius 1 is 1.42 bits per heavy atom. The number of rotatable bonds is 4. The van der Waals surface area contributed by atoms with Crippen LogP contribution < -0.4 is 15.4 Å². The third-order valence-electron chi connectivity index (χ3n) is 3.58. The van der Waals surface area contributed by atoms with Crippen molar-refractivity contribution in [2.24, 2.45) is 5.41 Å². The van der Waals surface area contributed by atoms with Gasteiger partial charge in [-0.05, 0) is 30.5 Å². The van der Waals surface area contributed by atoms with Crippen LogP contribution in [-0.4, -0.2) is 31.6 Å². The molecule has 1 fully saturated rings. The highest BCUT2D eigenvalue weighted by Gasteiger charge is 2.33. The molecule has 0 bridgehead atoms. The number of hydrogen-bond acceptors (Lipinski definition) is 3. The molecule has 1 heterocycles. The van der Waals surface area contributed by atoms with Crippen molar-refractivity contribution in [1.29, 1.82) is 0 Å².